The fourth-order valence-corrected chi connectivity index (χ4v) is 1.40. The molecule has 134 valence electrons. The Morgan fingerprint density at radius 1 is 1.17 bits per heavy atom. The molecule has 0 aliphatic heterocycles. The highest BCUT2D eigenvalue weighted by Crippen LogP contribution is 2.06. The van der Waals surface area contributed by atoms with Crippen molar-refractivity contribution >= 4 is 17.7 Å². The van der Waals surface area contributed by atoms with Crippen LogP contribution in [0, 0.1) is 18.6 Å². The number of benzene rings is 1. The van der Waals surface area contributed by atoms with Gasteiger partial charge in [0.1, 0.15) is 17.2 Å². The number of aryl methyl sites for hydroxylation is 1. The summed E-state index contributed by atoms with van der Waals surface area (Å²) in [6.07, 6.45) is 0.383. The maximum Gasteiger partial charge on any atom is 0.407 e. The van der Waals surface area contributed by atoms with Crippen molar-refractivity contribution in [2.24, 2.45) is 0 Å². The van der Waals surface area contributed by atoms with E-state index in [1.807, 2.05) is 34.6 Å². The minimum absolute atomic E-state index is 0.382. The first-order chi connectivity index (χ1) is 10.6. The Bertz CT molecular complexity index is 398. The molecular formula is C17H28ClF2NO2. The van der Waals surface area contributed by atoms with Gasteiger partial charge in [-0.25, -0.2) is 13.6 Å². The average Bonchev–Trinajstić information content (AvgIpc) is 2.38. The third-order valence-electron chi connectivity index (χ3n) is 1.99. The molecule has 1 N–H and O–H groups in total. The van der Waals surface area contributed by atoms with Crippen LogP contribution in [-0.4, -0.2) is 24.1 Å². The van der Waals surface area contributed by atoms with Crippen molar-refractivity contribution in [1.82, 2.24) is 5.32 Å². The van der Waals surface area contributed by atoms with Gasteiger partial charge in [0.15, 0.2) is 0 Å². The number of halogens is 3. The first-order valence-electron chi connectivity index (χ1n) is 7.59. The van der Waals surface area contributed by atoms with Crippen LogP contribution >= 0.6 is 11.6 Å². The highest BCUT2D eigenvalue weighted by Gasteiger charge is 2.15. The van der Waals surface area contributed by atoms with Crippen LogP contribution < -0.4 is 5.32 Å². The molecule has 23 heavy (non-hydrogen) atoms. The number of alkyl carbamates (subject to hydrolysis) is 1. The van der Waals surface area contributed by atoms with Crippen molar-refractivity contribution in [1.29, 1.82) is 0 Å². The highest BCUT2D eigenvalue weighted by molar-refractivity contribution is 6.17. The number of carbonyl (C=O) groups excluding carboxylic acids is 1. The number of ether oxygens (including phenoxy) is 1. The van der Waals surface area contributed by atoms with Crippen molar-refractivity contribution in [2.75, 3.05) is 12.4 Å². The van der Waals surface area contributed by atoms with E-state index in [0.29, 0.717) is 18.0 Å². The SMILES string of the molecule is CC.CC(C)(C)OC(=O)NCCCCl.Cc1cc(F)cc(F)c1. The van der Waals surface area contributed by atoms with Gasteiger partial charge in [-0.1, -0.05) is 13.8 Å². The Hall–Kier alpha value is -1.36. The molecule has 0 aliphatic carbocycles. The summed E-state index contributed by atoms with van der Waals surface area (Å²) >= 11 is 5.43. The van der Waals surface area contributed by atoms with Crippen LogP contribution in [0.5, 0.6) is 0 Å². The minimum atomic E-state index is -0.521. The van der Waals surface area contributed by atoms with Gasteiger partial charge in [-0.05, 0) is 51.8 Å². The third-order valence-corrected chi connectivity index (χ3v) is 2.25. The molecule has 0 bridgehead atoms. The summed E-state index contributed by atoms with van der Waals surface area (Å²) in [5.74, 6) is -0.490. The van der Waals surface area contributed by atoms with E-state index < -0.39 is 17.2 Å². The standard InChI is InChI=1S/C8H16ClNO2.C7H6F2.C2H6/c1-8(2,3)12-7(11)10-6-4-5-9;1-5-2-6(8)4-7(9)3-5;1-2/h4-6H2,1-3H3,(H,10,11);2-4H,1H3;1-2H3. The van der Waals surface area contributed by atoms with Gasteiger partial charge in [0.25, 0.3) is 0 Å². The lowest BCUT2D eigenvalue weighted by Crippen LogP contribution is -2.33. The van der Waals surface area contributed by atoms with E-state index in [4.69, 9.17) is 16.3 Å². The minimum Gasteiger partial charge on any atom is -0.444 e. The number of carbonyl (C=O) groups is 1. The molecular weight excluding hydrogens is 324 g/mol. The fraction of sp³-hybridized carbons (Fsp3) is 0.588. The maximum absolute atomic E-state index is 12.2. The summed E-state index contributed by atoms with van der Waals surface area (Å²) in [7, 11) is 0. The van der Waals surface area contributed by atoms with Gasteiger partial charge >= 0.3 is 6.09 Å². The highest BCUT2D eigenvalue weighted by atomic mass is 35.5. The van der Waals surface area contributed by atoms with Gasteiger partial charge in [-0.15, -0.1) is 11.6 Å². The van der Waals surface area contributed by atoms with E-state index in [9.17, 15) is 13.6 Å². The van der Waals surface area contributed by atoms with Crippen molar-refractivity contribution in [2.45, 2.75) is 53.6 Å². The molecule has 0 aliphatic rings. The van der Waals surface area contributed by atoms with Crippen molar-refractivity contribution < 1.29 is 18.3 Å². The second-order valence-electron chi connectivity index (χ2n) is 5.42. The average molecular weight is 352 g/mol. The molecule has 0 heterocycles. The molecule has 0 radical (unpaired) electrons. The Labute approximate surface area is 143 Å². The van der Waals surface area contributed by atoms with E-state index in [2.05, 4.69) is 5.32 Å². The summed E-state index contributed by atoms with van der Waals surface area (Å²) in [4.78, 5) is 11.0. The topological polar surface area (TPSA) is 38.3 Å². The van der Waals surface area contributed by atoms with E-state index in [1.165, 1.54) is 12.1 Å². The molecule has 0 saturated heterocycles. The molecule has 1 amide bonds. The third kappa shape index (κ3) is 16.8. The van der Waals surface area contributed by atoms with Crippen molar-refractivity contribution in [3.63, 3.8) is 0 Å². The monoisotopic (exact) mass is 351 g/mol. The Balaban J connectivity index is 0. The normalized spacial score (nSPS) is 9.78. The molecule has 0 saturated carbocycles. The van der Waals surface area contributed by atoms with Crippen LogP contribution in [-0.2, 0) is 4.74 Å². The van der Waals surface area contributed by atoms with Gasteiger partial charge < -0.3 is 10.1 Å². The zero-order chi connectivity index (χ0) is 18.5. The lowest BCUT2D eigenvalue weighted by Gasteiger charge is -2.19. The Morgan fingerprint density at radius 2 is 1.65 bits per heavy atom. The predicted octanol–water partition coefficient (Wildman–Crippen LogP) is 5.44. The fourth-order valence-electron chi connectivity index (χ4n) is 1.26. The number of hydrogen-bond donors (Lipinski definition) is 1. The Morgan fingerprint density at radius 3 is 2.00 bits per heavy atom. The zero-order valence-corrected chi connectivity index (χ0v) is 15.6. The molecule has 0 atom stereocenters. The number of amides is 1. The van der Waals surface area contributed by atoms with Crippen LogP contribution in [0.1, 0.15) is 46.6 Å². The Kier molecular flexibility index (Phi) is 13.6. The molecule has 1 aromatic carbocycles. The smallest absolute Gasteiger partial charge is 0.407 e. The largest absolute Gasteiger partial charge is 0.444 e. The van der Waals surface area contributed by atoms with Gasteiger partial charge in [-0.3, -0.25) is 0 Å². The van der Waals surface area contributed by atoms with Crippen molar-refractivity contribution in [3.05, 3.63) is 35.4 Å². The second kappa shape index (κ2) is 13.1. The second-order valence-corrected chi connectivity index (χ2v) is 5.80. The van der Waals surface area contributed by atoms with E-state index in [-0.39, 0.29) is 6.09 Å². The molecule has 0 aromatic heterocycles. The molecule has 6 heteroatoms. The molecule has 3 nitrogen and oxygen atoms in total. The lowest BCUT2D eigenvalue weighted by atomic mass is 10.2. The first kappa shape index (κ1) is 23.9. The van der Waals surface area contributed by atoms with E-state index in [1.54, 1.807) is 6.92 Å². The summed E-state index contributed by atoms with van der Waals surface area (Å²) < 4.78 is 29.4. The molecule has 1 rings (SSSR count). The summed E-state index contributed by atoms with van der Waals surface area (Å²) in [5, 5.41) is 2.59. The number of rotatable bonds is 3. The number of hydrogen-bond acceptors (Lipinski definition) is 2. The first-order valence-corrected chi connectivity index (χ1v) is 8.13. The summed E-state index contributed by atoms with van der Waals surface area (Å²) in [6, 6.07) is 3.42. The van der Waals surface area contributed by atoms with Crippen LogP contribution in [0.15, 0.2) is 18.2 Å². The number of nitrogens with one attached hydrogen (secondary N) is 1. The summed E-state index contributed by atoms with van der Waals surface area (Å²) in [5.41, 5.74) is 0.179. The van der Waals surface area contributed by atoms with Gasteiger partial charge in [0, 0.05) is 18.5 Å². The van der Waals surface area contributed by atoms with Crippen LogP contribution in [0.25, 0.3) is 0 Å². The molecule has 0 spiro atoms. The summed E-state index contributed by atoms with van der Waals surface area (Å²) in [6.45, 7) is 11.7. The van der Waals surface area contributed by atoms with Gasteiger partial charge in [0.2, 0.25) is 0 Å². The zero-order valence-electron chi connectivity index (χ0n) is 14.8. The maximum atomic E-state index is 12.2. The van der Waals surface area contributed by atoms with Crippen LogP contribution in [0.3, 0.4) is 0 Å². The van der Waals surface area contributed by atoms with Crippen LogP contribution in [0.4, 0.5) is 13.6 Å². The molecule has 0 fully saturated rings. The van der Waals surface area contributed by atoms with E-state index >= 15 is 0 Å². The van der Waals surface area contributed by atoms with Crippen molar-refractivity contribution in [3.8, 4) is 0 Å². The van der Waals surface area contributed by atoms with Gasteiger partial charge in [-0.2, -0.15) is 0 Å². The lowest BCUT2D eigenvalue weighted by molar-refractivity contribution is 0.0528. The van der Waals surface area contributed by atoms with Crippen LogP contribution in [0.2, 0.25) is 0 Å². The number of alkyl halides is 1. The molecule has 0 unspecified atom stereocenters. The quantitative estimate of drug-likeness (QED) is 0.581. The molecule has 1 aromatic rings. The van der Waals surface area contributed by atoms with E-state index in [0.717, 1.165) is 12.5 Å². The predicted molar refractivity (Wildman–Crippen MR) is 92.0 cm³/mol. The van der Waals surface area contributed by atoms with Gasteiger partial charge in [0.05, 0.1) is 0 Å².